The van der Waals surface area contributed by atoms with Crippen molar-refractivity contribution in [3.8, 4) is 23.0 Å². The van der Waals surface area contributed by atoms with Crippen molar-refractivity contribution in [3.63, 3.8) is 0 Å². The summed E-state index contributed by atoms with van der Waals surface area (Å²) in [4.78, 5) is 26.4. The predicted molar refractivity (Wildman–Crippen MR) is 96.4 cm³/mol. The number of aliphatic carboxylic acids is 1. The number of methoxy groups -OCH3 is 1. The van der Waals surface area contributed by atoms with Crippen molar-refractivity contribution >= 4 is 22.6 Å². The third kappa shape index (κ3) is 4.06. The topological polar surface area (TPSA) is 118 Å². The number of amides is 1. The summed E-state index contributed by atoms with van der Waals surface area (Å²) < 4.78 is 10.9. The summed E-state index contributed by atoms with van der Waals surface area (Å²) in [6, 6.07) is 12.0. The van der Waals surface area contributed by atoms with Crippen LogP contribution in [-0.4, -0.2) is 40.7 Å². The number of benzene rings is 2. The number of fused-ring (bicyclic) bond motifs is 1. The number of nitrogens with zero attached hydrogens (tertiary/aromatic N) is 1. The minimum Gasteiger partial charge on any atom is -0.505 e. The van der Waals surface area contributed by atoms with E-state index < -0.39 is 18.4 Å². The molecule has 138 valence electrons. The van der Waals surface area contributed by atoms with Crippen LogP contribution >= 0.6 is 0 Å². The molecule has 0 aliphatic carbocycles. The van der Waals surface area contributed by atoms with Crippen molar-refractivity contribution in [3.05, 3.63) is 54.4 Å². The number of nitrogens with one attached hydrogen (secondary N) is 1. The van der Waals surface area contributed by atoms with Gasteiger partial charge in [0.1, 0.15) is 23.8 Å². The summed E-state index contributed by atoms with van der Waals surface area (Å²) in [5.74, 6) is -0.441. The van der Waals surface area contributed by atoms with Crippen LogP contribution < -0.4 is 14.8 Å². The van der Waals surface area contributed by atoms with Crippen LogP contribution in [0.1, 0.15) is 10.5 Å². The number of hydrogen-bond acceptors (Lipinski definition) is 6. The van der Waals surface area contributed by atoms with E-state index in [4.69, 9.17) is 14.6 Å². The second kappa shape index (κ2) is 7.61. The highest BCUT2D eigenvalue weighted by molar-refractivity contribution is 6.02. The number of carboxylic acids is 1. The Kier molecular flexibility index (Phi) is 5.07. The number of rotatable bonds is 6. The van der Waals surface area contributed by atoms with E-state index in [1.54, 1.807) is 49.6 Å². The van der Waals surface area contributed by atoms with Crippen molar-refractivity contribution in [1.82, 2.24) is 10.3 Å². The summed E-state index contributed by atoms with van der Waals surface area (Å²) >= 11 is 0. The normalized spacial score (nSPS) is 10.4. The van der Waals surface area contributed by atoms with Gasteiger partial charge in [-0.3, -0.25) is 9.59 Å². The van der Waals surface area contributed by atoms with E-state index in [0.29, 0.717) is 28.0 Å². The van der Waals surface area contributed by atoms with E-state index in [9.17, 15) is 14.7 Å². The molecular weight excluding hydrogens is 352 g/mol. The fourth-order valence-electron chi connectivity index (χ4n) is 2.44. The summed E-state index contributed by atoms with van der Waals surface area (Å²) in [5, 5.41) is 22.0. The summed E-state index contributed by atoms with van der Waals surface area (Å²) in [5.41, 5.74) is -0.243. The standard InChI is InChI=1S/C19H16N2O6/c1-26-12-2-4-13(5-3-12)27-14-6-7-15-11(8-14)9-20-17(18(15)24)19(25)21-10-16(22)23/h2-9,24H,10H2,1H3,(H,21,25)(H,22,23). The summed E-state index contributed by atoms with van der Waals surface area (Å²) in [7, 11) is 1.58. The monoisotopic (exact) mass is 368 g/mol. The number of ether oxygens (including phenoxy) is 2. The zero-order valence-corrected chi connectivity index (χ0v) is 14.3. The van der Waals surface area contributed by atoms with Crippen molar-refractivity contribution in [1.29, 1.82) is 0 Å². The molecule has 0 bridgehead atoms. The molecule has 1 aromatic heterocycles. The van der Waals surface area contributed by atoms with Gasteiger partial charge < -0.3 is 25.0 Å². The lowest BCUT2D eigenvalue weighted by Crippen LogP contribution is -2.29. The zero-order chi connectivity index (χ0) is 19.4. The average molecular weight is 368 g/mol. The number of carbonyl (C=O) groups is 2. The van der Waals surface area contributed by atoms with E-state index in [2.05, 4.69) is 10.3 Å². The van der Waals surface area contributed by atoms with Gasteiger partial charge >= 0.3 is 5.97 Å². The van der Waals surface area contributed by atoms with Crippen LogP contribution in [0.2, 0.25) is 0 Å². The molecular formula is C19H16N2O6. The Morgan fingerprint density at radius 2 is 1.74 bits per heavy atom. The first-order chi connectivity index (χ1) is 13.0. The highest BCUT2D eigenvalue weighted by Gasteiger charge is 2.16. The van der Waals surface area contributed by atoms with Crippen molar-refractivity contribution in [2.24, 2.45) is 0 Å². The van der Waals surface area contributed by atoms with Crippen LogP contribution in [0.25, 0.3) is 10.8 Å². The lowest BCUT2D eigenvalue weighted by atomic mass is 10.1. The van der Waals surface area contributed by atoms with Crippen LogP contribution in [0, 0.1) is 0 Å². The molecule has 0 radical (unpaired) electrons. The molecule has 8 heteroatoms. The van der Waals surface area contributed by atoms with Gasteiger partial charge in [-0.25, -0.2) is 4.98 Å². The molecule has 3 rings (SSSR count). The smallest absolute Gasteiger partial charge is 0.322 e. The van der Waals surface area contributed by atoms with Crippen LogP contribution in [0.4, 0.5) is 0 Å². The van der Waals surface area contributed by atoms with E-state index >= 15 is 0 Å². The first kappa shape index (κ1) is 18.0. The highest BCUT2D eigenvalue weighted by Crippen LogP contribution is 2.32. The molecule has 0 aliphatic heterocycles. The Balaban J connectivity index is 1.84. The minimum absolute atomic E-state index is 0.243. The lowest BCUT2D eigenvalue weighted by Gasteiger charge is -2.10. The van der Waals surface area contributed by atoms with E-state index in [-0.39, 0.29) is 11.4 Å². The maximum Gasteiger partial charge on any atom is 0.322 e. The molecule has 0 fully saturated rings. The molecule has 3 aromatic rings. The van der Waals surface area contributed by atoms with Gasteiger partial charge in [0, 0.05) is 17.0 Å². The molecule has 27 heavy (non-hydrogen) atoms. The second-order valence-electron chi connectivity index (χ2n) is 5.56. The molecule has 0 spiro atoms. The highest BCUT2D eigenvalue weighted by atomic mass is 16.5. The molecule has 0 unspecified atom stereocenters. The van der Waals surface area contributed by atoms with Gasteiger partial charge in [-0.1, -0.05) is 0 Å². The molecule has 0 aliphatic rings. The number of carbonyl (C=O) groups excluding carboxylic acids is 1. The van der Waals surface area contributed by atoms with Gasteiger partial charge in [-0.05, 0) is 42.5 Å². The molecule has 1 amide bonds. The predicted octanol–water partition coefficient (Wildman–Crippen LogP) is 2.56. The lowest BCUT2D eigenvalue weighted by molar-refractivity contribution is -0.135. The number of aromatic nitrogens is 1. The van der Waals surface area contributed by atoms with E-state index in [1.807, 2.05) is 0 Å². The SMILES string of the molecule is COc1ccc(Oc2ccc3c(O)c(C(=O)NCC(=O)O)ncc3c2)cc1. The Labute approximate surface area is 154 Å². The molecule has 2 aromatic carbocycles. The summed E-state index contributed by atoms with van der Waals surface area (Å²) in [6.45, 7) is -0.563. The molecule has 3 N–H and O–H groups in total. The van der Waals surface area contributed by atoms with Gasteiger partial charge in [0.05, 0.1) is 7.11 Å². The van der Waals surface area contributed by atoms with Crippen LogP contribution in [0.3, 0.4) is 0 Å². The molecule has 8 nitrogen and oxygen atoms in total. The number of hydrogen-bond donors (Lipinski definition) is 3. The zero-order valence-electron chi connectivity index (χ0n) is 14.3. The first-order valence-corrected chi connectivity index (χ1v) is 7.91. The molecule has 0 saturated carbocycles. The Morgan fingerprint density at radius 3 is 2.41 bits per heavy atom. The van der Waals surface area contributed by atoms with Crippen LogP contribution in [0.15, 0.2) is 48.7 Å². The average Bonchev–Trinajstić information content (AvgIpc) is 2.67. The van der Waals surface area contributed by atoms with Crippen molar-refractivity contribution in [2.45, 2.75) is 0 Å². The minimum atomic E-state index is -1.19. The molecule has 1 heterocycles. The fraction of sp³-hybridized carbons (Fsp3) is 0.105. The number of carboxylic acid groups (broad SMARTS) is 1. The maximum atomic E-state index is 11.9. The Morgan fingerprint density at radius 1 is 1.07 bits per heavy atom. The third-order valence-electron chi connectivity index (χ3n) is 3.75. The van der Waals surface area contributed by atoms with Gasteiger partial charge in [0.25, 0.3) is 5.91 Å². The van der Waals surface area contributed by atoms with Crippen LogP contribution in [0.5, 0.6) is 23.0 Å². The third-order valence-corrected chi connectivity index (χ3v) is 3.75. The maximum absolute atomic E-state index is 11.9. The number of pyridine rings is 1. The molecule has 0 atom stereocenters. The van der Waals surface area contributed by atoms with E-state index in [0.717, 1.165) is 0 Å². The van der Waals surface area contributed by atoms with Gasteiger partial charge in [0.15, 0.2) is 11.4 Å². The van der Waals surface area contributed by atoms with Crippen molar-refractivity contribution < 1.29 is 29.3 Å². The van der Waals surface area contributed by atoms with Gasteiger partial charge in [0.2, 0.25) is 0 Å². The summed E-state index contributed by atoms with van der Waals surface area (Å²) in [6.07, 6.45) is 1.41. The largest absolute Gasteiger partial charge is 0.505 e. The second-order valence-corrected chi connectivity index (χ2v) is 5.56. The Hall–Kier alpha value is -3.81. The van der Waals surface area contributed by atoms with E-state index in [1.165, 1.54) is 6.20 Å². The van der Waals surface area contributed by atoms with Gasteiger partial charge in [-0.15, -0.1) is 0 Å². The van der Waals surface area contributed by atoms with Crippen molar-refractivity contribution in [2.75, 3.05) is 13.7 Å². The quantitative estimate of drug-likeness (QED) is 0.612. The Bertz CT molecular complexity index is 1000. The number of aromatic hydroxyl groups is 1. The molecule has 0 saturated heterocycles. The van der Waals surface area contributed by atoms with Gasteiger partial charge in [-0.2, -0.15) is 0 Å². The van der Waals surface area contributed by atoms with Crippen LogP contribution in [-0.2, 0) is 4.79 Å². The fourth-order valence-corrected chi connectivity index (χ4v) is 2.44. The first-order valence-electron chi connectivity index (χ1n) is 7.91.